The molecule has 0 saturated heterocycles. The number of ether oxygens (including phenoxy) is 1. The highest BCUT2D eigenvalue weighted by molar-refractivity contribution is 7.97. The molecule has 0 aliphatic heterocycles. The molecule has 0 heterocycles. The van der Waals surface area contributed by atoms with Crippen LogP contribution in [0.25, 0.3) is 0 Å². The lowest BCUT2D eigenvalue weighted by Crippen LogP contribution is -2.06. The van der Waals surface area contributed by atoms with Gasteiger partial charge in [0.15, 0.2) is 0 Å². The van der Waals surface area contributed by atoms with Crippen LogP contribution < -0.4 is 5.14 Å². The Kier molecular flexibility index (Phi) is 3.33. The van der Waals surface area contributed by atoms with Crippen molar-refractivity contribution in [3.05, 3.63) is 29.3 Å². The molecule has 0 radical (unpaired) electrons. The molecule has 0 aliphatic carbocycles. The van der Waals surface area contributed by atoms with Gasteiger partial charge in [-0.2, -0.15) is 0 Å². The van der Waals surface area contributed by atoms with Gasteiger partial charge in [-0.3, -0.25) is 5.14 Å². The normalized spacial score (nSPS) is 9.77. The zero-order chi connectivity index (χ0) is 9.84. The Bertz CT molecular complexity index is 325. The lowest BCUT2D eigenvalue weighted by molar-refractivity contribution is 0.0596. The van der Waals surface area contributed by atoms with Crippen molar-refractivity contribution in [3.63, 3.8) is 0 Å². The van der Waals surface area contributed by atoms with Gasteiger partial charge in [0.2, 0.25) is 0 Å². The first-order chi connectivity index (χ1) is 6.20. The van der Waals surface area contributed by atoms with Crippen LogP contribution in [0, 0.1) is 6.92 Å². The molecule has 0 fully saturated rings. The summed E-state index contributed by atoms with van der Waals surface area (Å²) in [7, 11) is 1.36. The maximum Gasteiger partial charge on any atom is 0.339 e. The SMILES string of the molecule is COC(=O)c1c(C)cccc1SN. The van der Waals surface area contributed by atoms with E-state index in [1.807, 2.05) is 19.1 Å². The van der Waals surface area contributed by atoms with E-state index in [0.717, 1.165) is 22.4 Å². The summed E-state index contributed by atoms with van der Waals surface area (Å²) in [5.41, 5.74) is 1.43. The summed E-state index contributed by atoms with van der Waals surface area (Å²) in [6.45, 7) is 1.85. The number of nitrogens with two attached hydrogens (primary N) is 1. The van der Waals surface area contributed by atoms with E-state index in [4.69, 9.17) is 5.14 Å². The van der Waals surface area contributed by atoms with Gasteiger partial charge >= 0.3 is 5.97 Å². The number of rotatable bonds is 2. The summed E-state index contributed by atoms with van der Waals surface area (Å²) in [5.74, 6) is -0.342. The Hall–Kier alpha value is -1.00. The van der Waals surface area contributed by atoms with Gasteiger partial charge in [-0.15, -0.1) is 0 Å². The van der Waals surface area contributed by atoms with E-state index in [9.17, 15) is 4.79 Å². The minimum Gasteiger partial charge on any atom is -0.465 e. The molecule has 70 valence electrons. The van der Waals surface area contributed by atoms with Crippen LogP contribution in [0.1, 0.15) is 15.9 Å². The van der Waals surface area contributed by atoms with Crippen LogP contribution in [0.15, 0.2) is 23.1 Å². The predicted molar refractivity (Wildman–Crippen MR) is 52.6 cm³/mol. The molecule has 1 aromatic rings. The minimum absolute atomic E-state index is 0.342. The van der Waals surface area contributed by atoms with Crippen LogP contribution in [-0.4, -0.2) is 13.1 Å². The first-order valence-electron chi connectivity index (χ1n) is 3.75. The van der Waals surface area contributed by atoms with Crippen molar-refractivity contribution in [1.29, 1.82) is 0 Å². The molecule has 2 N–H and O–H groups in total. The van der Waals surface area contributed by atoms with Gasteiger partial charge < -0.3 is 4.74 Å². The minimum atomic E-state index is -0.342. The fraction of sp³-hybridized carbons (Fsp3) is 0.222. The highest BCUT2D eigenvalue weighted by Crippen LogP contribution is 2.21. The molecule has 0 atom stereocenters. The Morgan fingerprint density at radius 3 is 2.77 bits per heavy atom. The smallest absolute Gasteiger partial charge is 0.339 e. The Labute approximate surface area is 81.4 Å². The van der Waals surface area contributed by atoms with Crippen molar-refractivity contribution in [2.45, 2.75) is 11.8 Å². The Balaban J connectivity index is 3.22. The summed E-state index contributed by atoms with van der Waals surface area (Å²) >= 11 is 1.05. The third-order valence-electron chi connectivity index (χ3n) is 1.75. The van der Waals surface area contributed by atoms with Gasteiger partial charge in [0.05, 0.1) is 12.7 Å². The zero-order valence-corrected chi connectivity index (χ0v) is 8.35. The van der Waals surface area contributed by atoms with Crippen molar-refractivity contribution >= 4 is 17.9 Å². The summed E-state index contributed by atoms with van der Waals surface area (Å²) < 4.78 is 4.65. The second-order valence-electron chi connectivity index (χ2n) is 2.56. The van der Waals surface area contributed by atoms with Gasteiger partial charge in [-0.05, 0) is 30.5 Å². The molecule has 0 saturated carbocycles. The average Bonchev–Trinajstić information content (AvgIpc) is 2.16. The molecule has 4 heteroatoms. The number of benzene rings is 1. The standard InChI is InChI=1S/C9H11NO2S/c1-6-4-3-5-7(13-10)8(6)9(11)12-2/h3-5H,10H2,1-2H3. The topological polar surface area (TPSA) is 52.3 Å². The molecule has 1 aromatic carbocycles. The Morgan fingerprint density at radius 2 is 2.23 bits per heavy atom. The highest BCUT2D eigenvalue weighted by Gasteiger charge is 2.13. The van der Waals surface area contributed by atoms with E-state index in [1.54, 1.807) is 6.07 Å². The predicted octanol–water partition coefficient (Wildman–Crippen LogP) is 1.75. The van der Waals surface area contributed by atoms with Crippen molar-refractivity contribution < 1.29 is 9.53 Å². The van der Waals surface area contributed by atoms with Gasteiger partial charge in [0.25, 0.3) is 0 Å². The van der Waals surface area contributed by atoms with Crippen LogP contribution in [0.3, 0.4) is 0 Å². The summed E-state index contributed by atoms with van der Waals surface area (Å²) in [6, 6.07) is 5.51. The lowest BCUT2D eigenvalue weighted by Gasteiger charge is -2.07. The molecule has 0 aliphatic rings. The number of methoxy groups -OCH3 is 1. The van der Waals surface area contributed by atoms with Crippen molar-refractivity contribution in [1.82, 2.24) is 0 Å². The molecule has 3 nitrogen and oxygen atoms in total. The van der Waals surface area contributed by atoms with E-state index in [2.05, 4.69) is 4.74 Å². The third-order valence-corrected chi connectivity index (χ3v) is 2.35. The summed E-state index contributed by atoms with van der Waals surface area (Å²) in [5, 5.41) is 5.42. The summed E-state index contributed by atoms with van der Waals surface area (Å²) in [4.78, 5) is 12.1. The number of aryl methyl sites for hydroxylation is 1. The van der Waals surface area contributed by atoms with E-state index in [0.29, 0.717) is 5.56 Å². The highest BCUT2D eigenvalue weighted by atomic mass is 32.2. The van der Waals surface area contributed by atoms with Crippen molar-refractivity contribution in [2.75, 3.05) is 7.11 Å². The first-order valence-corrected chi connectivity index (χ1v) is 4.63. The fourth-order valence-corrected chi connectivity index (χ4v) is 1.62. The average molecular weight is 197 g/mol. The quantitative estimate of drug-likeness (QED) is 0.579. The molecular weight excluding hydrogens is 186 g/mol. The first kappa shape index (κ1) is 10.1. The number of hydrogen-bond acceptors (Lipinski definition) is 4. The second kappa shape index (κ2) is 4.30. The van der Waals surface area contributed by atoms with Crippen molar-refractivity contribution in [2.24, 2.45) is 5.14 Å². The molecule has 0 spiro atoms. The maximum absolute atomic E-state index is 11.3. The number of carbonyl (C=O) groups is 1. The second-order valence-corrected chi connectivity index (χ2v) is 3.23. The number of esters is 1. The molecule has 0 bridgehead atoms. The van der Waals surface area contributed by atoms with E-state index in [-0.39, 0.29) is 5.97 Å². The van der Waals surface area contributed by atoms with Crippen LogP contribution in [-0.2, 0) is 4.74 Å². The van der Waals surface area contributed by atoms with Gasteiger partial charge in [0, 0.05) is 4.90 Å². The van der Waals surface area contributed by atoms with Crippen LogP contribution >= 0.6 is 11.9 Å². The zero-order valence-electron chi connectivity index (χ0n) is 7.53. The van der Waals surface area contributed by atoms with E-state index in [1.165, 1.54) is 7.11 Å². The van der Waals surface area contributed by atoms with E-state index < -0.39 is 0 Å². The number of hydrogen-bond donors (Lipinski definition) is 1. The van der Waals surface area contributed by atoms with Gasteiger partial charge in [0.1, 0.15) is 0 Å². The largest absolute Gasteiger partial charge is 0.465 e. The summed E-state index contributed by atoms with van der Waals surface area (Å²) in [6.07, 6.45) is 0. The molecule has 0 amide bonds. The Morgan fingerprint density at radius 1 is 1.54 bits per heavy atom. The fourth-order valence-electron chi connectivity index (χ4n) is 1.10. The lowest BCUT2D eigenvalue weighted by atomic mass is 10.1. The molecule has 0 unspecified atom stereocenters. The van der Waals surface area contributed by atoms with Crippen LogP contribution in [0.5, 0.6) is 0 Å². The van der Waals surface area contributed by atoms with Crippen molar-refractivity contribution in [3.8, 4) is 0 Å². The third kappa shape index (κ3) is 2.02. The monoisotopic (exact) mass is 197 g/mol. The molecule has 13 heavy (non-hydrogen) atoms. The molecule has 1 rings (SSSR count). The van der Waals surface area contributed by atoms with E-state index >= 15 is 0 Å². The molecular formula is C9H11NO2S. The maximum atomic E-state index is 11.3. The van der Waals surface area contributed by atoms with Crippen LogP contribution in [0.4, 0.5) is 0 Å². The van der Waals surface area contributed by atoms with Crippen LogP contribution in [0.2, 0.25) is 0 Å². The molecule has 0 aromatic heterocycles. The van der Waals surface area contributed by atoms with Gasteiger partial charge in [-0.1, -0.05) is 12.1 Å². The number of carbonyl (C=O) groups excluding carboxylic acids is 1. The van der Waals surface area contributed by atoms with Gasteiger partial charge in [-0.25, -0.2) is 4.79 Å².